The third kappa shape index (κ3) is 3.96. The molecular weight excluding hydrogens is 288 g/mol. The van der Waals surface area contributed by atoms with Crippen LogP contribution in [0.5, 0.6) is 0 Å². The second-order valence-electron chi connectivity index (χ2n) is 6.01. The smallest absolute Gasteiger partial charge is 0.245 e. The molecule has 0 atom stereocenters. The van der Waals surface area contributed by atoms with Crippen LogP contribution in [-0.4, -0.2) is 34.5 Å². The lowest BCUT2D eigenvalue weighted by molar-refractivity contribution is 0.269. The van der Waals surface area contributed by atoms with Crippen LogP contribution in [0.4, 0.5) is 0 Å². The van der Waals surface area contributed by atoms with Crippen molar-refractivity contribution < 1.29 is 13.5 Å². The summed E-state index contributed by atoms with van der Waals surface area (Å²) in [6.07, 6.45) is 4.06. The van der Waals surface area contributed by atoms with Crippen LogP contribution in [0.15, 0.2) is 29.8 Å². The minimum absolute atomic E-state index is 0.174. The summed E-state index contributed by atoms with van der Waals surface area (Å²) < 4.78 is 28.9. The van der Waals surface area contributed by atoms with Gasteiger partial charge in [-0.3, -0.25) is 0 Å². The van der Waals surface area contributed by atoms with Crippen molar-refractivity contribution in [2.24, 2.45) is 0 Å². The normalized spacial score (nSPS) is 12.9. The molecular formula is C15H26N2O3S. The van der Waals surface area contributed by atoms with Crippen LogP contribution in [0.3, 0.4) is 0 Å². The number of aromatic nitrogens is 1. The van der Waals surface area contributed by atoms with Gasteiger partial charge in [-0.05, 0) is 33.3 Å². The van der Waals surface area contributed by atoms with Gasteiger partial charge in [0.05, 0.1) is 6.61 Å². The molecule has 0 aromatic carbocycles. The van der Waals surface area contributed by atoms with Crippen molar-refractivity contribution in [3.05, 3.63) is 30.6 Å². The molecule has 0 saturated carbocycles. The molecule has 0 unspecified atom stereocenters. The van der Waals surface area contributed by atoms with E-state index in [-0.39, 0.29) is 18.0 Å². The third-order valence-corrected chi connectivity index (χ3v) is 5.31. The van der Waals surface area contributed by atoms with E-state index in [0.717, 1.165) is 6.42 Å². The minimum Gasteiger partial charge on any atom is -0.390 e. The van der Waals surface area contributed by atoms with E-state index in [4.69, 9.17) is 0 Å². The zero-order valence-electron chi connectivity index (χ0n) is 13.3. The Morgan fingerprint density at radius 3 is 2.48 bits per heavy atom. The highest BCUT2D eigenvalue weighted by atomic mass is 32.2. The van der Waals surface area contributed by atoms with Crippen LogP contribution in [0.25, 0.3) is 0 Å². The molecule has 0 amide bonds. The maximum absolute atomic E-state index is 12.8. The first kappa shape index (κ1) is 17.9. The highest BCUT2D eigenvalue weighted by Gasteiger charge is 2.34. The summed E-state index contributed by atoms with van der Waals surface area (Å²) in [7, 11) is -3.62. The van der Waals surface area contributed by atoms with Gasteiger partial charge in [0.25, 0.3) is 0 Å². The number of hydrogen-bond donors (Lipinski definition) is 1. The fourth-order valence-corrected chi connectivity index (χ4v) is 4.05. The van der Waals surface area contributed by atoms with Gasteiger partial charge in [-0.25, -0.2) is 8.42 Å². The molecule has 5 nitrogen and oxygen atoms in total. The van der Waals surface area contributed by atoms with Gasteiger partial charge >= 0.3 is 0 Å². The standard InChI is InChI=1S/C15H26N2O3S/c1-6-8-16-11-14(10-13(16)12-18)21(19,20)17(9-7-2)15(3,4)5/h7,10-11,18H,2,6,8-9,12H2,1,3-5H3. The summed E-state index contributed by atoms with van der Waals surface area (Å²) in [4.78, 5) is 0.219. The number of aryl methyl sites for hydroxylation is 1. The maximum Gasteiger partial charge on any atom is 0.245 e. The molecule has 0 aliphatic carbocycles. The summed E-state index contributed by atoms with van der Waals surface area (Å²) >= 11 is 0. The molecule has 1 aromatic rings. The van der Waals surface area contributed by atoms with Gasteiger partial charge in [-0.15, -0.1) is 6.58 Å². The first-order chi connectivity index (χ1) is 9.68. The van der Waals surface area contributed by atoms with Crippen molar-refractivity contribution in [3.8, 4) is 0 Å². The minimum atomic E-state index is -3.62. The maximum atomic E-state index is 12.8. The van der Waals surface area contributed by atoms with Crippen molar-refractivity contribution in [3.63, 3.8) is 0 Å². The topological polar surface area (TPSA) is 62.5 Å². The lowest BCUT2D eigenvalue weighted by atomic mass is 10.1. The highest BCUT2D eigenvalue weighted by molar-refractivity contribution is 7.89. The van der Waals surface area contributed by atoms with Crippen LogP contribution < -0.4 is 0 Å². The van der Waals surface area contributed by atoms with Gasteiger partial charge in [-0.2, -0.15) is 4.31 Å². The quantitative estimate of drug-likeness (QED) is 0.786. The lowest BCUT2D eigenvalue weighted by Gasteiger charge is -2.33. The Bertz CT molecular complexity index is 583. The number of sulfonamides is 1. The second kappa shape index (κ2) is 6.77. The van der Waals surface area contributed by atoms with Crippen molar-refractivity contribution in [2.45, 2.75) is 57.7 Å². The first-order valence-electron chi connectivity index (χ1n) is 7.12. The van der Waals surface area contributed by atoms with Gasteiger partial charge in [0.1, 0.15) is 4.90 Å². The molecule has 0 aliphatic rings. The van der Waals surface area contributed by atoms with E-state index in [1.807, 2.05) is 27.7 Å². The van der Waals surface area contributed by atoms with Crippen LogP contribution >= 0.6 is 0 Å². The fourth-order valence-electron chi connectivity index (χ4n) is 2.22. The van der Waals surface area contributed by atoms with E-state index in [0.29, 0.717) is 12.2 Å². The summed E-state index contributed by atoms with van der Waals surface area (Å²) in [6, 6.07) is 1.55. The molecule has 1 heterocycles. The fraction of sp³-hybridized carbons (Fsp3) is 0.600. The molecule has 0 spiro atoms. The van der Waals surface area contributed by atoms with E-state index in [1.54, 1.807) is 22.9 Å². The van der Waals surface area contributed by atoms with E-state index < -0.39 is 15.6 Å². The van der Waals surface area contributed by atoms with Crippen molar-refractivity contribution in [2.75, 3.05) is 6.54 Å². The van der Waals surface area contributed by atoms with E-state index in [2.05, 4.69) is 6.58 Å². The monoisotopic (exact) mass is 314 g/mol. The Hall–Kier alpha value is -1.11. The number of hydrogen-bond acceptors (Lipinski definition) is 3. The molecule has 6 heteroatoms. The van der Waals surface area contributed by atoms with Gasteiger partial charge in [-0.1, -0.05) is 13.0 Å². The van der Waals surface area contributed by atoms with E-state index in [9.17, 15) is 13.5 Å². The number of nitrogens with zero attached hydrogens (tertiary/aromatic N) is 2. The highest BCUT2D eigenvalue weighted by Crippen LogP contribution is 2.26. The van der Waals surface area contributed by atoms with Gasteiger partial charge < -0.3 is 9.67 Å². The molecule has 0 saturated heterocycles. The Labute approximate surface area is 127 Å². The Morgan fingerprint density at radius 2 is 2.05 bits per heavy atom. The first-order valence-corrected chi connectivity index (χ1v) is 8.56. The van der Waals surface area contributed by atoms with Crippen LogP contribution in [0, 0.1) is 0 Å². The molecule has 0 aliphatic heterocycles. The molecule has 1 rings (SSSR count). The molecule has 1 aromatic heterocycles. The summed E-state index contributed by atoms with van der Waals surface area (Å²) in [5.41, 5.74) is 0.0714. The SMILES string of the molecule is C=CCN(C(C)(C)C)S(=O)(=O)c1cc(CO)n(CCC)c1. The average molecular weight is 314 g/mol. The van der Waals surface area contributed by atoms with Crippen LogP contribution in [0.1, 0.15) is 39.8 Å². The lowest BCUT2D eigenvalue weighted by Crippen LogP contribution is -2.45. The largest absolute Gasteiger partial charge is 0.390 e. The zero-order valence-corrected chi connectivity index (χ0v) is 14.2. The molecule has 0 bridgehead atoms. The molecule has 1 N–H and O–H groups in total. The predicted octanol–water partition coefficient (Wildman–Crippen LogP) is 2.37. The third-order valence-electron chi connectivity index (χ3n) is 3.22. The molecule has 21 heavy (non-hydrogen) atoms. The number of rotatable bonds is 7. The van der Waals surface area contributed by atoms with E-state index in [1.165, 1.54) is 4.31 Å². The van der Waals surface area contributed by atoms with Crippen molar-refractivity contribution in [1.29, 1.82) is 0 Å². The zero-order chi connectivity index (χ0) is 16.3. The van der Waals surface area contributed by atoms with Crippen LogP contribution in [-0.2, 0) is 23.2 Å². The Kier molecular flexibility index (Phi) is 5.78. The molecule has 120 valence electrons. The summed E-state index contributed by atoms with van der Waals surface area (Å²) in [6.45, 7) is 12.0. The Balaban J connectivity index is 3.31. The average Bonchev–Trinajstić information content (AvgIpc) is 2.78. The summed E-state index contributed by atoms with van der Waals surface area (Å²) in [5.74, 6) is 0. The summed E-state index contributed by atoms with van der Waals surface area (Å²) in [5, 5.41) is 9.38. The molecule has 0 radical (unpaired) electrons. The van der Waals surface area contributed by atoms with Gasteiger partial charge in [0, 0.05) is 30.5 Å². The van der Waals surface area contributed by atoms with E-state index >= 15 is 0 Å². The Morgan fingerprint density at radius 1 is 1.43 bits per heavy atom. The second-order valence-corrected chi connectivity index (χ2v) is 7.88. The van der Waals surface area contributed by atoms with Gasteiger partial charge in [0.2, 0.25) is 10.0 Å². The van der Waals surface area contributed by atoms with Crippen molar-refractivity contribution in [1.82, 2.24) is 8.87 Å². The van der Waals surface area contributed by atoms with Gasteiger partial charge in [0.15, 0.2) is 0 Å². The number of aliphatic hydroxyl groups is 1. The van der Waals surface area contributed by atoms with Crippen LogP contribution in [0.2, 0.25) is 0 Å². The van der Waals surface area contributed by atoms with Crippen molar-refractivity contribution >= 4 is 10.0 Å². The molecule has 0 fully saturated rings. The predicted molar refractivity (Wildman–Crippen MR) is 84.5 cm³/mol. The number of aliphatic hydroxyl groups excluding tert-OH is 1.